The summed E-state index contributed by atoms with van der Waals surface area (Å²) in [5.74, 6) is 0.228. The molecule has 1 aliphatic rings. The van der Waals surface area contributed by atoms with E-state index in [1.165, 1.54) is 6.20 Å². The summed E-state index contributed by atoms with van der Waals surface area (Å²) in [4.78, 5) is 18.1. The highest BCUT2D eigenvalue weighted by molar-refractivity contribution is 6.33. The molecule has 0 aliphatic carbocycles. The molecule has 4 nitrogen and oxygen atoms in total. The van der Waals surface area contributed by atoms with Gasteiger partial charge in [0.05, 0.1) is 10.6 Å². The van der Waals surface area contributed by atoms with Crippen LogP contribution in [0.4, 0.5) is 5.82 Å². The Balaban J connectivity index is 2.28. The van der Waals surface area contributed by atoms with E-state index in [4.69, 9.17) is 17.3 Å². The molecule has 0 radical (unpaired) electrons. The molecule has 0 saturated carbocycles. The zero-order valence-corrected chi connectivity index (χ0v) is 10.8. The fourth-order valence-corrected chi connectivity index (χ4v) is 2.37. The predicted octanol–water partition coefficient (Wildman–Crippen LogP) is 2.33. The molecule has 2 rings (SSSR count). The van der Waals surface area contributed by atoms with Gasteiger partial charge in [-0.2, -0.15) is 0 Å². The van der Waals surface area contributed by atoms with Gasteiger partial charge in [-0.1, -0.05) is 11.6 Å². The largest absolute Gasteiger partial charge is 0.382 e. The molecule has 0 bridgehead atoms. The minimum absolute atomic E-state index is 0.0260. The maximum atomic E-state index is 12.3. The number of aromatic nitrogens is 1. The predicted molar refractivity (Wildman–Crippen MR) is 68.0 cm³/mol. The molecule has 92 valence electrons. The Labute approximate surface area is 106 Å². The molecule has 0 spiro atoms. The van der Waals surface area contributed by atoms with Crippen molar-refractivity contribution in [1.82, 2.24) is 9.88 Å². The molecule has 1 aliphatic heterocycles. The van der Waals surface area contributed by atoms with Gasteiger partial charge in [-0.05, 0) is 32.8 Å². The lowest BCUT2D eigenvalue weighted by atomic mass is 10.0. The van der Waals surface area contributed by atoms with Crippen molar-refractivity contribution in [2.24, 2.45) is 0 Å². The molecule has 0 unspecified atom stereocenters. The van der Waals surface area contributed by atoms with Crippen molar-refractivity contribution in [2.45, 2.75) is 32.2 Å². The first-order valence-electron chi connectivity index (χ1n) is 5.65. The van der Waals surface area contributed by atoms with E-state index in [2.05, 4.69) is 18.8 Å². The average molecular weight is 254 g/mol. The third-order valence-electron chi connectivity index (χ3n) is 3.26. The van der Waals surface area contributed by atoms with Gasteiger partial charge in [0.15, 0.2) is 0 Å². The van der Waals surface area contributed by atoms with Crippen molar-refractivity contribution >= 4 is 23.3 Å². The number of carbonyl (C=O) groups excluding carboxylic acids is 1. The van der Waals surface area contributed by atoms with Crippen LogP contribution < -0.4 is 5.73 Å². The summed E-state index contributed by atoms with van der Waals surface area (Å²) in [6.07, 6.45) is 3.54. The van der Waals surface area contributed by atoms with Crippen LogP contribution in [-0.2, 0) is 0 Å². The fourth-order valence-electron chi connectivity index (χ4n) is 2.21. The minimum atomic E-state index is -0.0923. The Bertz CT molecular complexity index is 459. The molecule has 5 heteroatoms. The maximum Gasteiger partial charge on any atom is 0.255 e. The van der Waals surface area contributed by atoms with Gasteiger partial charge in [-0.25, -0.2) is 4.98 Å². The van der Waals surface area contributed by atoms with Gasteiger partial charge in [-0.15, -0.1) is 0 Å². The molecule has 17 heavy (non-hydrogen) atoms. The molecular weight excluding hydrogens is 238 g/mol. The molecular formula is C12H16ClN3O. The normalized spacial score (nSPS) is 18.4. The summed E-state index contributed by atoms with van der Waals surface area (Å²) in [5.41, 5.74) is 5.93. The van der Waals surface area contributed by atoms with Crippen LogP contribution in [0, 0.1) is 0 Å². The second kappa shape index (κ2) is 4.18. The lowest BCUT2D eigenvalue weighted by Crippen LogP contribution is -2.42. The number of hydrogen-bond acceptors (Lipinski definition) is 3. The van der Waals surface area contributed by atoms with Crippen LogP contribution in [0.2, 0.25) is 5.02 Å². The number of hydrogen-bond donors (Lipinski definition) is 1. The molecule has 1 amide bonds. The number of pyridine rings is 1. The van der Waals surface area contributed by atoms with Crippen LogP contribution in [0.1, 0.15) is 37.0 Å². The van der Waals surface area contributed by atoms with E-state index in [-0.39, 0.29) is 17.3 Å². The second-order valence-corrected chi connectivity index (χ2v) is 5.37. The topological polar surface area (TPSA) is 59.2 Å². The Hall–Kier alpha value is -1.29. The highest BCUT2D eigenvalue weighted by atomic mass is 35.5. The van der Waals surface area contributed by atoms with E-state index in [0.717, 1.165) is 19.4 Å². The summed E-state index contributed by atoms with van der Waals surface area (Å²) in [7, 11) is 0. The van der Waals surface area contributed by atoms with Crippen LogP contribution >= 0.6 is 11.6 Å². The van der Waals surface area contributed by atoms with Crippen LogP contribution in [0.15, 0.2) is 12.3 Å². The first-order valence-corrected chi connectivity index (χ1v) is 6.02. The lowest BCUT2D eigenvalue weighted by molar-refractivity contribution is 0.0651. The number of rotatable bonds is 1. The first-order chi connectivity index (χ1) is 7.92. The van der Waals surface area contributed by atoms with Crippen molar-refractivity contribution < 1.29 is 4.79 Å². The molecule has 1 saturated heterocycles. The Kier molecular flexibility index (Phi) is 3.00. The van der Waals surface area contributed by atoms with Crippen molar-refractivity contribution in [3.8, 4) is 0 Å². The molecule has 0 atom stereocenters. The molecule has 2 N–H and O–H groups in total. The zero-order valence-electron chi connectivity index (χ0n) is 10.0. The van der Waals surface area contributed by atoms with E-state index in [9.17, 15) is 4.79 Å². The van der Waals surface area contributed by atoms with E-state index < -0.39 is 0 Å². The van der Waals surface area contributed by atoms with Gasteiger partial charge in [0.1, 0.15) is 5.82 Å². The van der Waals surface area contributed by atoms with Gasteiger partial charge >= 0.3 is 0 Å². The Morgan fingerprint density at radius 2 is 2.29 bits per heavy atom. The summed E-state index contributed by atoms with van der Waals surface area (Å²) in [5, 5.41) is 0.327. The Morgan fingerprint density at radius 1 is 1.59 bits per heavy atom. The van der Waals surface area contributed by atoms with Crippen molar-refractivity contribution in [1.29, 1.82) is 0 Å². The maximum absolute atomic E-state index is 12.3. The average Bonchev–Trinajstić information content (AvgIpc) is 2.61. The molecule has 0 aromatic carbocycles. The molecule has 2 heterocycles. The fraction of sp³-hybridized carbons (Fsp3) is 0.500. The van der Waals surface area contributed by atoms with Gasteiger partial charge in [0.2, 0.25) is 0 Å². The number of anilines is 1. The SMILES string of the molecule is CC1(C)CCCN1C(=O)c1cnc(N)c(Cl)c1. The lowest BCUT2D eigenvalue weighted by Gasteiger charge is -2.31. The van der Waals surface area contributed by atoms with E-state index in [1.807, 2.05) is 4.90 Å². The summed E-state index contributed by atoms with van der Waals surface area (Å²) >= 11 is 5.88. The highest BCUT2D eigenvalue weighted by Crippen LogP contribution is 2.30. The van der Waals surface area contributed by atoms with Crippen LogP contribution in [0.3, 0.4) is 0 Å². The zero-order chi connectivity index (χ0) is 12.6. The number of halogens is 1. The van der Waals surface area contributed by atoms with E-state index >= 15 is 0 Å². The smallest absolute Gasteiger partial charge is 0.255 e. The van der Waals surface area contributed by atoms with Crippen molar-refractivity contribution in [3.05, 3.63) is 22.8 Å². The van der Waals surface area contributed by atoms with Gasteiger partial charge in [0.25, 0.3) is 5.91 Å². The number of amides is 1. The van der Waals surface area contributed by atoms with E-state index in [0.29, 0.717) is 10.6 Å². The number of carbonyl (C=O) groups is 1. The minimum Gasteiger partial charge on any atom is -0.382 e. The molecule has 1 fully saturated rings. The molecule has 1 aromatic rings. The monoisotopic (exact) mass is 253 g/mol. The van der Waals surface area contributed by atoms with Crippen molar-refractivity contribution in [3.63, 3.8) is 0 Å². The third-order valence-corrected chi connectivity index (χ3v) is 3.57. The quantitative estimate of drug-likeness (QED) is 0.836. The number of nitrogen functional groups attached to an aromatic ring is 1. The highest BCUT2D eigenvalue weighted by Gasteiger charge is 2.35. The first kappa shape index (κ1) is 12.2. The van der Waals surface area contributed by atoms with Gasteiger partial charge in [0, 0.05) is 18.3 Å². The number of nitrogens with zero attached hydrogens (tertiary/aromatic N) is 2. The van der Waals surface area contributed by atoms with Gasteiger partial charge < -0.3 is 10.6 Å². The van der Waals surface area contributed by atoms with Crippen LogP contribution in [0.5, 0.6) is 0 Å². The number of likely N-dealkylation sites (tertiary alicyclic amines) is 1. The number of nitrogens with two attached hydrogens (primary N) is 1. The van der Waals surface area contributed by atoms with Crippen LogP contribution in [-0.4, -0.2) is 27.9 Å². The van der Waals surface area contributed by atoms with Gasteiger partial charge in [-0.3, -0.25) is 4.79 Å². The summed E-state index contributed by atoms with van der Waals surface area (Å²) in [6.45, 7) is 4.93. The van der Waals surface area contributed by atoms with E-state index in [1.54, 1.807) is 6.07 Å². The van der Waals surface area contributed by atoms with Crippen LogP contribution in [0.25, 0.3) is 0 Å². The van der Waals surface area contributed by atoms with Crippen molar-refractivity contribution in [2.75, 3.05) is 12.3 Å². The Morgan fingerprint density at radius 3 is 2.82 bits per heavy atom. The molecule has 1 aromatic heterocycles. The second-order valence-electron chi connectivity index (χ2n) is 4.96. The summed E-state index contributed by atoms with van der Waals surface area (Å²) < 4.78 is 0. The summed E-state index contributed by atoms with van der Waals surface area (Å²) in [6, 6.07) is 1.58. The standard InChI is InChI=1S/C12H16ClN3O/c1-12(2)4-3-5-16(12)11(17)8-6-9(13)10(14)15-7-8/h6-7H,3-5H2,1-2H3,(H2,14,15). The third kappa shape index (κ3) is 2.22.